The molecule has 1 aliphatic carbocycles. The van der Waals surface area contributed by atoms with Crippen molar-refractivity contribution in [1.29, 1.82) is 0 Å². The summed E-state index contributed by atoms with van der Waals surface area (Å²) in [6.45, 7) is 2.85. The summed E-state index contributed by atoms with van der Waals surface area (Å²) in [6, 6.07) is 0. The molecule has 1 aromatic rings. The Labute approximate surface area is 109 Å². The van der Waals surface area contributed by atoms with Crippen molar-refractivity contribution in [2.75, 3.05) is 13.2 Å². The highest BCUT2D eigenvalue weighted by Gasteiger charge is 2.12. The van der Waals surface area contributed by atoms with Crippen LogP contribution in [0.25, 0.3) is 0 Å². The van der Waals surface area contributed by atoms with Crippen LogP contribution < -0.4 is 5.32 Å². The van der Waals surface area contributed by atoms with Crippen LogP contribution in [0.3, 0.4) is 0 Å². The fraction of sp³-hybridized carbons (Fsp3) is 0.846. The van der Waals surface area contributed by atoms with Crippen molar-refractivity contribution < 1.29 is 5.11 Å². The van der Waals surface area contributed by atoms with Crippen LogP contribution in [0, 0.1) is 5.92 Å². The molecular formula is C13H24N4O. The standard InChI is InChI=1S/C13H24N4O/c18-8-4-7-17-11-13(15-16-17)10-14-9-12-5-2-1-3-6-12/h11-12,14,18H,1-10H2. The van der Waals surface area contributed by atoms with Gasteiger partial charge in [-0.1, -0.05) is 24.5 Å². The highest BCUT2D eigenvalue weighted by Crippen LogP contribution is 2.22. The van der Waals surface area contributed by atoms with E-state index in [0.29, 0.717) is 0 Å². The fourth-order valence-corrected chi connectivity index (χ4v) is 2.56. The Balaban J connectivity index is 1.64. The highest BCUT2D eigenvalue weighted by molar-refractivity contribution is 4.91. The molecule has 5 nitrogen and oxygen atoms in total. The molecule has 2 N–H and O–H groups in total. The van der Waals surface area contributed by atoms with Gasteiger partial charge in [-0.3, -0.25) is 4.68 Å². The molecule has 1 aliphatic rings. The zero-order chi connectivity index (χ0) is 12.6. The second-order valence-electron chi connectivity index (χ2n) is 5.19. The van der Waals surface area contributed by atoms with Crippen molar-refractivity contribution in [1.82, 2.24) is 20.3 Å². The minimum absolute atomic E-state index is 0.203. The van der Waals surface area contributed by atoms with Gasteiger partial charge in [0.25, 0.3) is 0 Å². The van der Waals surface area contributed by atoms with Crippen molar-refractivity contribution in [3.63, 3.8) is 0 Å². The maximum atomic E-state index is 8.75. The van der Waals surface area contributed by atoms with Crippen LogP contribution >= 0.6 is 0 Å². The van der Waals surface area contributed by atoms with Crippen molar-refractivity contribution >= 4 is 0 Å². The molecule has 0 atom stereocenters. The predicted octanol–water partition coefficient (Wildman–Crippen LogP) is 1.33. The van der Waals surface area contributed by atoms with Crippen LogP contribution in [-0.4, -0.2) is 33.3 Å². The number of aliphatic hydroxyl groups is 1. The van der Waals surface area contributed by atoms with E-state index in [1.54, 1.807) is 4.68 Å². The maximum Gasteiger partial charge on any atom is 0.0964 e. The molecule has 0 aromatic carbocycles. The number of hydrogen-bond acceptors (Lipinski definition) is 4. The molecule has 0 bridgehead atoms. The van der Waals surface area contributed by atoms with Crippen LogP contribution in [0.1, 0.15) is 44.2 Å². The molecule has 0 spiro atoms. The first-order valence-electron chi connectivity index (χ1n) is 7.09. The van der Waals surface area contributed by atoms with Gasteiger partial charge in [0.1, 0.15) is 0 Å². The topological polar surface area (TPSA) is 63.0 Å². The van der Waals surface area contributed by atoms with Gasteiger partial charge in [0, 0.05) is 25.9 Å². The first kappa shape index (κ1) is 13.5. The molecule has 1 fully saturated rings. The molecule has 0 aliphatic heterocycles. The lowest BCUT2D eigenvalue weighted by atomic mass is 9.89. The van der Waals surface area contributed by atoms with E-state index in [-0.39, 0.29) is 6.61 Å². The SMILES string of the molecule is OCCCn1cc(CNCC2CCCCC2)nn1. The molecule has 1 heterocycles. The molecule has 0 amide bonds. The number of hydrogen-bond donors (Lipinski definition) is 2. The van der Waals surface area contributed by atoms with Gasteiger partial charge in [-0.25, -0.2) is 0 Å². The summed E-state index contributed by atoms with van der Waals surface area (Å²) < 4.78 is 1.80. The summed E-state index contributed by atoms with van der Waals surface area (Å²) >= 11 is 0. The molecular weight excluding hydrogens is 228 g/mol. The van der Waals surface area contributed by atoms with Gasteiger partial charge in [0.15, 0.2) is 0 Å². The third-order valence-electron chi connectivity index (χ3n) is 3.60. The van der Waals surface area contributed by atoms with E-state index in [1.165, 1.54) is 32.1 Å². The van der Waals surface area contributed by atoms with E-state index in [4.69, 9.17) is 5.11 Å². The normalized spacial score (nSPS) is 17.2. The third kappa shape index (κ3) is 4.38. The predicted molar refractivity (Wildman–Crippen MR) is 70.0 cm³/mol. The second kappa shape index (κ2) is 7.48. The molecule has 18 heavy (non-hydrogen) atoms. The molecule has 0 saturated heterocycles. The molecule has 102 valence electrons. The van der Waals surface area contributed by atoms with Gasteiger partial charge in [-0.2, -0.15) is 0 Å². The number of nitrogens with one attached hydrogen (secondary N) is 1. The number of aliphatic hydroxyl groups excluding tert-OH is 1. The summed E-state index contributed by atoms with van der Waals surface area (Å²) in [5, 5.41) is 20.4. The van der Waals surface area contributed by atoms with Crippen molar-refractivity contribution in [2.24, 2.45) is 5.92 Å². The maximum absolute atomic E-state index is 8.75. The molecule has 5 heteroatoms. The van der Waals surface area contributed by atoms with Gasteiger partial charge in [-0.15, -0.1) is 5.10 Å². The molecule has 0 radical (unpaired) electrons. The number of nitrogens with zero attached hydrogens (tertiary/aromatic N) is 3. The van der Waals surface area contributed by atoms with Gasteiger partial charge in [0.2, 0.25) is 0 Å². The lowest BCUT2D eigenvalue weighted by Crippen LogP contribution is -2.24. The third-order valence-corrected chi connectivity index (χ3v) is 3.60. The van der Waals surface area contributed by atoms with Crippen molar-refractivity contribution in [2.45, 2.75) is 51.6 Å². The Morgan fingerprint density at radius 3 is 2.94 bits per heavy atom. The van der Waals surface area contributed by atoms with Gasteiger partial charge >= 0.3 is 0 Å². The lowest BCUT2D eigenvalue weighted by Gasteiger charge is -2.21. The molecule has 1 aromatic heterocycles. The van der Waals surface area contributed by atoms with Crippen LogP contribution in [0.15, 0.2) is 6.20 Å². The first-order chi connectivity index (χ1) is 8.88. The van der Waals surface area contributed by atoms with Crippen molar-refractivity contribution in [3.05, 3.63) is 11.9 Å². The van der Waals surface area contributed by atoms with Crippen molar-refractivity contribution in [3.8, 4) is 0 Å². The van der Waals surface area contributed by atoms with E-state index in [1.807, 2.05) is 6.20 Å². The van der Waals surface area contributed by atoms with Crippen LogP contribution in [0.4, 0.5) is 0 Å². The Kier molecular flexibility index (Phi) is 5.61. The molecule has 1 saturated carbocycles. The smallest absolute Gasteiger partial charge is 0.0964 e. The summed E-state index contributed by atoms with van der Waals surface area (Å²) in [5.74, 6) is 0.850. The summed E-state index contributed by atoms with van der Waals surface area (Å²) in [6.07, 6.45) is 9.64. The summed E-state index contributed by atoms with van der Waals surface area (Å²) in [5.41, 5.74) is 0.990. The Morgan fingerprint density at radius 1 is 1.33 bits per heavy atom. The minimum Gasteiger partial charge on any atom is -0.396 e. The second-order valence-corrected chi connectivity index (χ2v) is 5.19. The van der Waals surface area contributed by atoms with Gasteiger partial charge in [-0.05, 0) is 31.7 Å². The van der Waals surface area contributed by atoms with E-state index in [9.17, 15) is 0 Å². The number of aromatic nitrogens is 3. The fourth-order valence-electron chi connectivity index (χ4n) is 2.56. The van der Waals surface area contributed by atoms with E-state index in [0.717, 1.165) is 37.7 Å². The zero-order valence-electron chi connectivity index (χ0n) is 11.0. The summed E-state index contributed by atoms with van der Waals surface area (Å²) in [4.78, 5) is 0. The zero-order valence-corrected chi connectivity index (χ0v) is 11.0. The lowest BCUT2D eigenvalue weighted by molar-refractivity contribution is 0.276. The minimum atomic E-state index is 0.203. The monoisotopic (exact) mass is 252 g/mol. The van der Waals surface area contributed by atoms with Gasteiger partial charge in [0.05, 0.1) is 5.69 Å². The quantitative estimate of drug-likeness (QED) is 0.768. The largest absolute Gasteiger partial charge is 0.396 e. The first-order valence-corrected chi connectivity index (χ1v) is 7.09. The average molecular weight is 252 g/mol. The van der Waals surface area contributed by atoms with Gasteiger partial charge < -0.3 is 10.4 Å². The van der Waals surface area contributed by atoms with Crippen LogP contribution in [-0.2, 0) is 13.1 Å². The van der Waals surface area contributed by atoms with Crippen LogP contribution in [0.2, 0.25) is 0 Å². The highest BCUT2D eigenvalue weighted by atomic mass is 16.3. The van der Waals surface area contributed by atoms with E-state index >= 15 is 0 Å². The average Bonchev–Trinajstić information content (AvgIpc) is 2.85. The number of rotatable bonds is 7. The van der Waals surface area contributed by atoms with Crippen LogP contribution in [0.5, 0.6) is 0 Å². The summed E-state index contributed by atoms with van der Waals surface area (Å²) in [7, 11) is 0. The molecule has 2 rings (SSSR count). The van der Waals surface area contributed by atoms with E-state index in [2.05, 4.69) is 15.6 Å². The molecule has 0 unspecified atom stereocenters. The Morgan fingerprint density at radius 2 is 2.17 bits per heavy atom. The Hall–Kier alpha value is -0.940. The van der Waals surface area contributed by atoms with E-state index < -0.39 is 0 Å². The number of aryl methyl sites for hydroxylation is 1. The Bertz CT molecular complexity index is 333.